The number of esters is 8. The summed E-state index contributed by atoms with van der Waals surface area (Å²) in [6.45, 7) is 9.91. The third-order valence-corrected chi connectivity index (χ3v) is 19.2. The lowest BCUT2D eigenvalue weighted by Gasteiger charge is -2.45. The molecule has 0 radical (unpaired) electrons. The fraction of sp³-hybridized carbons (Fsp3) is 0.440. The molecule has 0 amide bonds. The van der Waals surface area contributed by atoms with E-state index in [1.807, 2.05) is 13.8 Å². The fourth-order valence-corrected chi connectivity index (χ4v) is 13.8. The van der Waals surface area contributed by atoms with Crippen LogP contribution >= 0.6 is 23.2 Å². The summed E-state index contributed by atoms with van der Waals surface area (Å²) in [5, 5.41) is 15.3. The molecular formula is C75H81Cl2N6O23+. The van der Waals surface area contributed by atoms with Crippen LogP contribution in [0.15, 0.2) is 164 Å². The molecule has 5 aromatic carbocycles. The number of hydrogen-bond donors (Lipinski definition) is 1. The molecule has 0 bridgehead atoms. The number of carbonyl (C=O) groups is 8. The zero-order valence-electron chi connectivity index (χ0n) is 58.8. The second-order valence-electron chi connectivity index (χ2n) is 25.7. The number of nitrogens with one attached hydrogen (secondary N) is 1. The highest BCUT2D eigenvalue weighted by Crippen LogP contribution is 2.44. The normalized spacial score (nSPS) is 28.4. The van der Waals surface area contributed by atoms with E-state index < -0.39 is 175 Å². The van der Waals surface area contributed by atoms with Crippen LogP contribution in [0.2, 0.25) is 0 Å². The van der Waals surface area contributed by atoms with E-state index in [0.717, 1.165) is 6.92 Å². The molecule has 0 unspecified atom stereocenters. The first kappa shape index (κ1) is 77.5. The van der Waals surface area contributed by atoms with E-state index in [4.69, 9.17) is 94.3 Å². The predicted octanol–water partition coefficient (Wildman–Crippen LogP) is 8.17. The SMILES string of the molecule is CC[C@@H]1O[C@H](O[C@@]2(CCl)O[C@@H](C[n+]3cc(CO[C@H]4O[C@@H](Cc5cn(CO[C@@H]6O[C@H](CC)[C@H](C)[C@H](OC(=O)c7ccccc7)[C@@H]6OC(=O)c6ccccc6)nn5)[C@H](OC(=O)c5ccccc5)[C@@H](OC(=O)c5ccccc5)[C@H]4OC(=O)c4ccccc4)n[nH]3)[C@@H](C)[C@H]2OC(C)=O)[C@H](OC(C)=O)[C@H](OC(C)=O)[C@@H]1Cl. The van der Waals surface area contributed by atoms with Gasteiger partial charge < -0.3 is 71.1 Å². The van der Waals surface area contributed by atoms with E-state index in [9.17, 15) is 38.4 Å². The first-order chi connectivity index (χ1) is 51.1. The van der Waals surface area contributed by atoms with E-state index in [-0.39, 0.29) is 58.9 Å². The summed E-state index contributed by atoms with van der Waals surface area (Å²) < 4.78 is 97.3. The van der Waals surface area contributed by atoms with Gasteiger partial charge in [-0.05, 0) is 73.5 Å². The zero-order valence-corrected chi connectivity index (χ0v) is 60.3. The maximum Gasteiger partial charge on any atom is 0.338 e. The van der Waals surface area contributed by atoms with Gasteiger partial charge in [0.25, 0.3) is 0 Å². The summed E-state index contributed by atoms with van der Waals surface area (Å²) in [6.07, 6.45) is -15.9. The van der Waals surface area contributed by atoms with Gasteiger partial charge in [-0.15, -0.1) is 28.3 Å². The first-order valence-electron chi connectivity index (χ1n) is 34.5. The Morgan fingerprint density at radius 1 is 0.500 bits per heavy atom. The molecule has 4 fully saturated rings. The average molecular weight is 1510 g/mol. The van der Waals surface area contributed by atoms with E-state index in [1.54, 1.807) is 135 Å². The lowest BCUT2D eigenvalue weighted by atomic mass is 9.89. The standard InChI is InChI=1S/C75H80Cl2N6O23/c1-8-54-42(3)59(100-67(87)47-25-15-10-16-26-47)63(103-70(90)50-31-21-13-22-32-50)73(97-54)93-41-83-36-52(78-81-83)35-56-60(101-68(88)48-27-17-11-18-28-48)62(102-69(89)49-29-19-12-20-30-49)65(104-71(91)51-33-23-14-24-34-51)72(99-56)92-39-53-37-82(80-79-53)38-57-43(4)66(96-46(7)86)75(40-76,105-57)106-74-64(95-45(6)85)61(94-44(5)84)58(77)55(9-2)98-74/h10-34,36-37,42-43,54-66,72-74H,8-9,35,38-41H2,1-7H3/p+1/t42-,43+,54+,55-,56-,57-,58+,59-,60-,61+,62+,63-,64+,65+,66+,72-,73+,74+,75+/m0/s1. The number of aromatic nitrogens is 6. The molecule has 31 heteroatoms. The Hall–Kier alpha value is -9.56. The van der Waals surface area contributed by atoms with Gasteiger partial charge in [0.15, 0.2) is 55.2 Å². The minimum Gasteiger partial charge on any atom is -0.457 e. The minimum absolute atomic E-state index is 0.0413. The predicted molar refractivity (Wildman–Crippen MR) is 367 cm³/mol. The lowest BCUT2D eigenvalue weighted by Crippen LogP contribution is -2.62. The van der Waals surface area contributed by atoms with Crippen LogP contribution in [-0.4, -0.2) is 182 Å². The van der Waals surface area contributed by atoms with E-state index in [2.05, 4.69) is 20.6 Å². The van der Waals surface area contributed by atoms with Crippen LogP contribution in [0.4, 0.5) is 0 Å². The molecule has 6 heterocycles. The topological polar surface area (TPSA) is 338 Å². The summed E-state index contributed by atoms with van der Waals surface area (Å²) in [6, 6.07) is 40.5. The summed E-state index contributed by atoms with van der Waals surface area (Å²) in [5.41, 5.74) is 1.17. The summed E-state index contributed by atoms with van der Waals surface area (Å²) in [4.78, 5) is 109. The number of H-pyrrole nitrogens is 1. The van der Waals surface area contributed by atoms with Crippen molar-refractivity contribution in [3.8, 4) is 0 Å². The quantitative estimate of drug-likeness (QED) is 0.0209. The molecule has 0 spiro atoms. The van der Waals surface area contributed by atoms with Crippen molar-refractivity contribution in [3.63, 3.8) is 0 Å². The molecule has 29 nitrogen and oxygen atoms in total. The number of rotatable bonds is 28. The van der Waals surface area contributed by atoms with Crippen LogP contribution in [0.3, 0.4) is 0 Å². The number of halogens is 2. The molecule has 562 valence electrons. The molecular weight excluding hydrogens is 1420 g/mol. The lowest BCUT2D eigenvalue weighted by molar-refractivity contribution is -0.760. The highest BCUT2D eigenvalue weighted by Gasteiger charge is 2.62. The van der Waals surface area contributed by atoms with Gasteiger partial charge in [0.05, 0.1) is 57.8 Å². The Morgan fingerprint density at radius 2 is 0.934 bits per heavy atom. The van der Waals surface area contributed by atoms with Gasteiger partial charge in [-0.25, -0.2) is 28.7 Å². The summed E-state index contributed by atoms with van der Waals surface area (Å²) in [5.74, 6) is -9.92. The number of nitrogens with zero attached hydrogens (tertiary/aromatic N) is 5. The Kier molecular flexibility index (Phi) is 26.1. The molecule has 19 atom stereocenters. The monoisotopic (exact) mass is 1500 g/mol. The average Bonchev–Trinajstić information content (AvgIpc) is 1.63. The number of alkyl halides is 2. The summed E-state index contributed by atoms with van der Waals surface area (Å²) >= 11 is 13.6. The third-order valence-electron chi connectivity index (χ3n) is 18.2. The van der Waals surface area contributed by atoms with E-state index in [1.165, 1.54) is 65.8 Å². The molecule has 4 aliphatic heterocycles. The fourth-order valence-electron chi connectivity index (χ4n) is 13.1. The molecule has 4 aliphatic rings. The van der Waals surface area contributed by atoms with Gasteiger partial charge in [-0.3, -0.25) is 14.4 Å². The van der Waals surface area contributed by atoms with E-state index in [0.29, 0.717) is 12.8 Å². The van der Waals surface area contributed by atoms with Crippen molar-refractivity contribution in [3.05, 3.63) is 203 Å². The van der Waals surface area contributed by atoms with Crippen LogP contribution in [0.25, 0.3) is 0 Å². The van der Waals surface area contributed by atoms with Gasteiger partial charge in [0.1, 0.15) is 43.6 Å². The molecule has 11 rings (SSSR count). The highest BCUT2D eigenvalue weighted by atomic mass is 35.5. The second-order valence-corrected chi connectivity index (χ2v) is 26.5. The number of carbonyl (C=O) groups excluding carboxylic acids is 8. The van der Waals surface area contributed by atoms with Crippen molar-refractivity contribution in [2.45, 2.75) is 191 Å². The molecule has 7 aromatic rings. The van der Waals surface area contributed by atoms with Gasteiger partial charge >= 0.3 is 47.8 Å². The Labute approximate surface area is 619 Å². The molecule has 0 aliphatic carbocycles. The molecule has 2 aromatic heterocycles. The van der Waals surface area contributed by atoms with Crippen LogP contribution in [0.1, 0.15) is 124 Å². The maximum atomic E-state index is 14.6. The number of benzene rings is 5. The van der Waals surface area contributed by atoms with Crippen molar-refractivity contribution < 1.29 is 114 Å². The largest absolute Gasteiger partial charge is 0.457 e. The van der Waals surface area contributed by atoms with Crippen molar-refractivity contribution in [1.29, 1.82) is 0 Å². The number of aromatic amines is 1. The second kappa shape index (κ2) is 35.7. The number of hydrogen-bond acceptors (Lipinski definition) is 26. The van der Waals surface area contributed by atoms with Crippen molar-refractivity contribution in [2.24, 2.45) is 11.8 Å². The van der Waals surface area contributed by atoms with Gasteiger partial charge in [-0.2, -0.15) is 4.68 Å². The van der Waals surface area contributed by atoms with Crippen LogP contribution in [0, 0.1) is 11.8 Å². The molecule has 106 heavy (non-hydrogen) atoms. The zero-order chi connectivity index (χ0) is 75.2. The Balaban J connectivity index is 0.890. The Bertz CT molecular complexity index is 4130. The molecule has 4 saturated heterocycles. The minimum atomic E-state index is -1.99. The molecule has 0 saturated carbocycles. The van der Waals surface area contributed by atoms with Crippen molar-refractivity contribution >= 4 is 71.0 Å². The number of ether oxygens (including phenoxy) is 15. The van der Waals surface area contributed by atoms with Crippen LogP contribution in [-0.2, 0) is 112 Å². The van der Waals surface area contributed by atoms with Crippen LogP contribution in [0.5, 0.6) is 0 Å². The Morgan fingerprint density at radius 3 is 1.42 bits per heavy atom. The van der Waals surface area contributed by atoms with Gasteiger partial charge in [0, 0.05) is 44.1 Å². The van der Waals surface area contributed by atoms with Gasteiger partial charge in [0.2, 0.25) is 24.1 Å². The van der Waals surface area contributed by atoms with E-state index >= 15 is 0 Å². The highest BCUT2D eigenvalue weighted by molar-refractivity contribution is 6.21. The first-order valence-corrected chi connectivity index (χ1v) is 35.5. The summed E-state index contributed by atoms with van der Waals surface area (Å²) in [7, 11) is 0. The molecule has 1 N–H and O–H groups in total. The smallest absolute Gasteiger partial charge is 0.338 e. The van der Waals surface area contributed by atoms with Crippen molar-refractivity contribution in [1.82, 2.24) is 25.3 Å². The van der Waals surface area contributed by atoms with Crippen molar-refractivity contribution in [2.75, 3.05) is 5.88 Å². The van der Waals surface area contributed by atoms with Gasteiger partial charge in [-0.1, -0.05) is 129 Å². The third kappa shape index (κ3) is 18.8. The van der Waals surface area contributed by atoms with Crippen LogP contribution < -0.4 is 4.68 Å². The maximum absolute atomic E-state index is 14.6.